The Bertz CT molecular complexity index is 840. The lowest BCUT2D eigenvalue weighted by Gasteiger charge is -2.23. The Balaban J connectivity index is 4.45. The molecular weight excluding hydrogens is 624 g/mol. The van der Waals surface area contributed by atoms with Crippen LogP contribution in [-0.2, 0) is 28.6 Å². The molecule has 50 heavy (non-hydrogen) atoms. The molecule has 0 aromatic rings. The molecule has 0 spiro atoms. The van der Waals surface area contributed by atoms with Crippen LogP contribution in [0.15, 0.2) is 24.3 Å². The van der Waals surface area contributed by atoms with Crippen LogP contribution in [0.1, 0.15) is 209 Å². The van der Waals surface area contributed by atoms with Gasteiger partial charge in [0.2, 0.25) is 0 Å². The van der Waals surface area contributed by atoms with Crippen LogP contribution in [0.5, 0.6) is 0 Å². The molecule has 0 aromatic heterocycles. The number of hydrogen-bond acceptors (Lipinski definition) is 6. The molecule has 0 aliphatic rings. The second-order valence-electron chi connectivity index (χ2n) is 15.7. The van der Waals surface area contributed by atoms with Crippen molar-refractivity contribution in [3.63, 3.8) is 0 Å². The van der Waals surface area contributed by atoms with Crippen molar-refractivity contribution in [1.29, 1.82) is 0 Å². The second-order valence-corrected chi connectivity index (χ2v) is 15.7. The van der Waals surface area contributed by atoms with E-state index in [0.717, 1.165) is 89.9 Å². The van der Waals surface area contributed by atoms with E-state index in [2.05, 4.69) is 32.9 Å². The SMILES string of the molecule is CCCCCCC/C=C\COC(=O)C(C)(C)CCCCCC(CCCCCC(C)(C)C(=O)OC/C=C\CCCCCCC)OC(=O)CCCC. The Labute approximate surface area is 309 Å². The Morgan fingerprint density at radius 2 is 0.900 bits per heavy atom. The van der Waals surface area contributed by atoms with Crippen LogP contribution in [0.4, 0.5) is 0 Å². The van der Waals surface area contributed by atoms with Crippen LogP contribution < -0.4 is 0 Å². The molecular formula is C44H80O6. The van der Waals surface area contributed by atoms with Gasteiger partial charge in [0, 0.05) is 6.42 Å². The molecule has 0 aliphatic heterocycles. The summed E-state index contributed by atoms with van der Waals surface area (Å²) in [5.41, 5.74) is -1.02. The van der Waals surface area contributed by atoms with Gasteiger partial charge < -0.3 is 14.2 Å². The summed E-state index contributed by atoms with van der Waals surface area (Å²) in [7, 11) is 0. The maximum absolute atomic E-state index is 12.7. The predicted octanol–water partition coefficient (Wildman–Crippen LogP) is 13.0. The van der Waals surface area contributed by atoms with Gasteiger partial charge in [-0.3, -0.25) is 14.4 Å². The summed E-state index contributed by atoms with van der Waals surface area (Å²) in [6.45, 7) is 15.1. The molecule has 0 rings (SSSR count). The topological polar surface area (TPSA) is 78.9 Å². The molecule has 0 saturated carbocycles. The summed E-state index contributed by atoms with van der Waals surface area (Å²) in [6, 6.07) is 0. The summed E-state index contributed by atoms with van der Waals surface area (Å²) in [5, 5.41) is 0. The van der Waals surface area contributed by atoms with Gasteiger partial charge in [-0.05, 0) is 98.3 Å². The third kappa shape index (κ3) is 27.6. The minimum absolute atomic E-state index is 0.0767. The van der Waals surface area contributed by atoms with Crippen LogP contribution in [0.2, 0.25) is 0 Å². The highest BCUT2D eigenvalue weighted by Crippen LogP contribution is 2.28. The fourth-order valence-corrected chi connectivity index (χ4v) is 6.01. The largest absolute Gasteiger partial charge is 0.462 e. The summed E-state index contributed by atoms with van der Waals surface area (Å²) < 4.78 is 17.0. The van der Waals surface area contributed by atoms with Crippen molar-refractivity contribution in [3.8, 4) is 0 Å². The molecule has 0 aliphatic carbocycles. The molecule has 0 amide bonds. The van der Waals surface area contributed by atoms with Gasteiger partial charge >= 0.3 is 17.9 Å². The third-order valence-corrected chi connectivity index (χ3v) is 9.70. The zero-order valence-electron chi connectivity index (χ0n) is 33.9. The van der Waals surface area contributed by atoms with E-state index in [1.54, 1.807) is 0 Å². The van der Waals surface area contributed by atoms with E-state index < -0.39 is 10.8 Å². The molecule has 0 heterocycles. The fourth-order valence-electron chi connectivity index (χ4n) is 6.01. The van der Waals surface area contributed by atoms with Crippen LogP contribution >= 0.6 is 0 Å². The Hall–Kier alpha value is -2.11. The minimum atomic E-state index is -0.509. The average molecular weight is 705 g/mol. The predicted molar refractivity (Wildman–Crippen MR) is 210 cm³/mol. The summed E-state index contributed by atoms with van der Waals surface area (Å²) in [6.07, 6.45) is 34.2. The lowest BCUT2D eigenvalue weighted by atomic mass is 9.86. The van der Waals surface area contributed by atoms with Crippen molar-refractivity contribution >= 4 is 17.9 Å². The highest BCUT2D eigenvalue weighted by atomic mass is 16.5. The third-order valence-electron chi connectivity index (χ3n) is 9.70. The summed E-state index contributed by atoms with van der Waals surface area (Å²) >= 11 is 0. The number of ether oxygens (including phenoxy) is 3. The normalized spacial score (nSPS) is 12.3. The van der Waals surface area contributed by atoms with E-state index in [9.17, 15) is 14.4 Å². The van der Waals surface area contributed by atoms with Gasteiger partial charge in [0.1, 0.15) is 19.3 Å². The number of esters is 3. The van der Waals surface area contributed by atoms with Crippen molar-refractivity contribution in [1.82, 2.24) is 0 Å². The Morgan fingerprint density at radius 1 is 0.500 bits per heavy atom. The number of allylic oxidation sites excluding steroid dienone is 2. The number of carbonyl (C=O) groups excluding carboxylic acids is 3. The van der Waals surface area contributed by atoms with E-state index in [1.165, 1.54) is 64.2 Å². The first-order chi connectivity index (χ1) is 24.0. The van der Waals surface area contributed by atoms with Gasteiger partial charge in [-0.25, -0.2) is 0 Å². The summed E-state index contributed by atoms with van der Waals surface area (Å²) in [5.74, 6) is -0.366. The molecule has 292 valence electrons. The molecule has 0 radical (unpaired) electrons. The van der Waals surface area contributed by atoms with Crippen LogP contribution in [0.25, 0.3) is 0 Å². The van der Waals surface area contributed by atoms with Gasteiger partial charge in [0.05, 0.1) is 10.8 Å². The van der Waals surface area contributed by atoms with Crippen molar-refractivity contribution < 1.29 is 28.6 Å². The second kappa shape index (κ2) is 31.6. The molecule has 0 bridgehead atoms. The number of unbranched alkanes of at least 4 members (excludes halogenated alkanes) is 15. The zero-order chi connectivity index (χ0) is 37.4. The number of carbonyl (C=O) groups is 3. The monoisotopic (exact) mass is 705 g/mol. The van der Waals surface area contributed by atoms with Crippen molar-refractivity contribution in [2.24, 2.45) is 10.8 Å². The van der Waals surface area contributed by atoms with Crippen molar-refractivity contribution in [2.45, 2.75) is 215 Å². The number of hydrogen-bond donors (Lipinski definition) is 0. The maximum atomic E-state index is 12.7. The van der Waals surface area contributed by atoms with Crippen LogP contribution in [-0.4, -0.2) is 37.2 Å². The first kappa shape index (κ1) is 47.9. The number of rotatable bonds is 34. The average Bonchev–Trinajstić information content (AvgIpc) is 3.08. The molecule has 6 nitrogen and oxygen atoms in total. The molecule has 0 unspecified atom stereocenters. The lowest BCUT2D eigenvalue weighted by molar-refractivity contribution is -0.153. The Kier molecular flexibility index (Phi) is 30.3. The lowest BCUT2D eigenvalue weighted by Crippen LogP contribution is -2.26. The minimum Gasteiger partial charge on any atom is -0.462 e. The van der Waals surface area contributed by atoms with Crippen LogP contribution in [0, 0.1) is 10.8 Å². The highest BCUT2D eigenvalue weighted by molar-refractivity contribution is 5.76. The molecule has 0 fully saturated rings. The maximum Gasteiger partial charge on any atom is 0.311 e. The summed E-state index contributed by atoms with van der Waals surface area (Å²) in [4.78, 5) is 37.9. The molecule has 0 aromatic carbocycles. The first-order valence-electron chi connectivity index (χ1n) is 20.8. The molecule has 0 atom stereocenters. The van der Waals surface area contributed by atoms with E-state index in [0.29, 0.717) is 19.6 Å². The molecule has 6 heteroatoms. The van der Waals surface area contributed by atoms with Gasteiger partial charge in [0.15, 0.2) is 0 Å². The van der Waals surface area contributed by atoms with E-state index >= 15 is 0 Å². The van der Waals surface area contributed by atoms with Gasteiger partial charge in [-0.1, -0.05) is 129 Å². The zero-order valence-corrected chi connectivity index (χ0v) is 33.9. The van der Waals surface area contributed by atoms with Gasteiger partial charge in [-0.2, -0.15) is 0 Å². The van der Waals surface area contributed by atoms with Crippen molar-refractivity contribution in [3.05, 3.63) is 24.3 Å². The van der Waals surface area contributed by atoms with Crippen LogP contribution in [0.3, 0.4) is 0 Å². The molecule has 0 saturated heterocycles. The highest BCUT2D eigenvalue weighted by Gasteiger charge is 2.29. The first-order valence-corrected chi connectivity index (χ1v) is 20.8. The van der Waals surface area contributed by atoms with Crippen molar-refractivity contribution in [2.75, 3.05) is 13.2 Å². The van der Waals surface area contributed by atoms with Gasteiger partial charge in [-0.15, -0.1) is 0 Å². The fraction of sp³-hybridized carbons (Fsp3) is 0.841. The standard InChI is InChI=1S/C44H80O6/c1-8-11-14-16-18-20-22-30-37-48-41(46)43(4,5)35-28-24-26-32-39(50-40(45)34-13-10-3)33-27-25-29-36-44(6,7)42(47)49-38-31-23-21-19-17-15-12-9-2/h22-23,30-31,39H,8-21,24-29,32-38H2,1-7H3/b30-22-,31-23-. The van der Waals surface area contributed by atoms with Gasteiger partial charge in [0.25, 0.3) is 0 Å². The molecule has 0 N–H and O–H groups in total. The quantitative estimate of drug-likeness (QED) is 0.0287. The Morgan fingerprint density at radius 3 is 1.32 bits per heavy atom. The van der Waals surface area contributed by atoms with E-state index in [4.69, 9.17) is 14.2 Å². The van der Waals surface area contributed by atoms with E-state index in [1.807, 2.05) is 39.8 Å². The smallest absolute Gasteiger partial charge is 0.311 e. The van der Waals surface area contributed by atoms with E-state index in [-0.39, 0.29) is 24.0 Å².